The minimum atomic E-state index is 0.962. The van der Waals surface area contributed by atoms with Gasteiger partial charge in [0, 0.05) is 0 Å². The zero-order valence-corrected chi connectivity index (χ0v) is 12.0. The fraction of sp³-hybridized carbons (Fsp3) is 1.00. The van der Waals surface area contributed by atoms with Gasteiger partial charge in [0.25, 0.3) is 0 Å². The summed E-state index contributed by atoms with van der Waals surface area (Å²) < 4.78 is 0. The van der Waals surface area contributed by atoms with Gasteiger partial charge < -0.3 is 0 Å². The molecule has 0 aromatic rings. The lowest BCUT2D eigenvalue weighted by atomic mass is 9.84. The molecule has 0 saturated heterocycles. The summed E-state index contributed by atoms with van der Waals surface area (Å²) in [6.07, 6.45) is 2.81. The van der Waals surface area contributed by atoms with Crippen molar-refractivity contribution in [1.82, 2.24) is 0 Å². The highest BCUT2D eigenvalue weighted by atomic mass is 14.6. The molecular formula is C16H30. The molecule has 2 rings (SSSR count). The predicted molar refractivity (Wildman–Crippen MR) is 71.2 cm³/mol. The molecule has 0 spiro atoms. The molecular weight excluding hydrogens is 192 g/mol. The smallest absolute Gasteiger partial charge is 0.0326 e. The molecule has 8 unspecified atom stereocenters. The lowest BCUT2D eigenvalue weighted by Crippen LogP contribution is -2.15. The zero-order chi connectivity index (χ0) is 12.0. The standard InChI is InChI=1S/C16H30/c1-7-13-11(5)15(13)9(3)10(4)16-12(6)14(16)8-2/h9-16H,7-8H2,1-6H3. The Hall–Kier alpha value is 0. The van der Waals surface area contributed by atoms with Crippen molar-refractivity contribution in [3.63, 3.8) is 0 Å². The summed E-state index contributed by atoms with van der Waals surface area (Å²) in [5.41, 5.74) is 0. The quantitative estimate of drug-likeness (QED) is 0.624. The SMILES string of the molecule is CCC1C(C)C1C(C)C(C)C1C(C)C1CC. The Balaban J connectivity index is 1.89. The van der Waals surface area contributed by atoms with Gasteiger partial charge in [0.15, 0.2) is 0 Å². The first kappa shape index (κ1) is 12.5. The van der Waals surface area contributed by atoms with Gasteiger partial charge in [-0.05, 0) is 47.3 Å². The second-order valence-corrected chi connectivity index (χ2v) is 6.74. The second kappa shape index (κ2) is 4.35. The van der Waals surface area contributed by atoms with E-state index >= 15 is 0 Å². The van der Waals surface area contributed by atoms with Gasteiger partial charge in [-0.3, -0.25) is 0 Å². The van der Waals surface area contributed by atoms with Crippen LogP contribution < -0.4 is 0 Å². The van der Waals surface area contributed by atoms with Crippen molar-refractivity contribution >= 4 is 0 Å². The fourth-order valence-corrected chi connectivity index (χ4v) is 4.89. The predicted octanol–water partition coefficient (Wildman–Crippen LogP) is 4.84. The van der Waals surface area contributed by atoms with Gasteiger partial charge >= 0.3 is 0 Å². The Bertz CT molecular complexity index is 218. The summed E-state index contributed by atoms with van der Waals surface area (Å²) in [6.45, 7) is 14.7. The lowest BCUT2D eigenvalue weighted by molar-refractivity contribution is 0.274. The van der Waals surface area contributed by atoms with Crippen LogP contribution in [0.15, 0.2) is 0 Å². The highest BCUT2D eigenvalue weighted by Gasteiger charge is 2.55. The Morgan fingerprint density at radius 2 is 1.06 bits per heavy atom. The molecule has 2 saturated carbocycles. The molecule has 0 heterocycles. The number of hydrogen-bond acceptors (Lipinski definition) is 0. The van der Waals surface area contributed by atoms with Crippen molar-refractivity contribution in [2.45, 2.75) is 54.4 Å². The van der Waals surface area contributed by atoms with Gasteiger partial charge in [-0.15, -0.1) is 0 Å². The topological polar surface area (TPSA) is 0 Å². The first-order chi connectivity index (χ1) is 7.54. The highest BCUT2D eigenvalue weighted by molar-refractivity contribution is 5.03. The van der Waals surface area contributed by atoms with Gasteiger partial charge in [-0.2, -0.15) is 0 Å². The third-order valence-corrected chi connectivity index (χ3v) is 6.26. The van der Waals surface area contributed by atoms with E-state index in [0.29, 0.717) is 0 Å². The van der Waals surface area contributed by atoms with E-state index in [0.717, 1.165) is 47.3 Å². The zero-order valence-electron chi connectivity index (χ0n) is 12.0. The van der Waals surface area contributed by atoms with Crippen LogP contribution in [0.5, 0.6) is 0 Å². The van der Waals surface area contributed by atoms with Gasteiger partial charge in [-0.1, -0.05) is 54.4 Å². The van der Waals surface area contributed by atoms with Crippen molar-refractivity contribution in [3.8, 4) is 0 Å². The molecule has 94 valence electrons. The normalized spacial score (nSPS) is 49.9. The van der Waals surface area contributed by atoms with E-state index < -0.39 is 0 Å². The Labute approximate surface area is 102 Å². The molecule has 0 bridgehead atoms. The Morgan fingerprint density at radius 1 is 0.750 bits per heavy atom. The summed E-state index contributed by atoms with van der Waals surface area (Å²) in [6, 6.07) is 0. The minimum Gasteiger partial charge on any atom is -0.0651 e. The van der Waals surface area contributed by atoms with Crippen molar-refractivity contribution in [1.29, 1.82) is 0 Å². The van der Waals surface area contributed by atoms with Crippen molar-refractivity contribution in [3.05, 3.63) is 0 Å². The van der Waals surface area contributed by atoms with Gasteiger partial charge in [0.2, 0.25) is 0 Å². The van der Waals surface area contributed by atoms with E-state index in [1.54, 1.807) is 0 Å². The Morgan fingerprint density at radius 3 is 1.25 bits per heavy atom. The van der Waals surface area contributed by atoms with Crippen molar-refractivity contribution < 1.29 is 0 Å². The molecule has 0 radical (unpaired) electrons. The molecule has 0 heteroatoms. The lowest BCUT2D eigenvalue weighted by Gasteiger charge is -2.21. The third-order valence-electron chi connectivity index (χ3n) is 6.26. The van der Waals surface area contributed by atoms with Crippen LogP contribution >= 0.6 is 0 Å². The summed E-state index contributed by atoms with van der Waals surface area (Å²) in [7, 11) is 0. The Kier molecular flexibility index (Phi) is 3.39. The molecule has 16 heavy (non-hydrogen) atoms. The molecule has 8 atom stereocenters. The molecule has 2 fully saturated rings. The molecule has 0 N–H and O–H groups in total. The number of hydrogen-bond donors (Lipinski definition) is 0. The van der Waals surface area contributed by atoms with Crippen LogP contribution in [-0.4, -0.2) is 0 Å². The van der Waals surface area contributed by atoms with Gasteiger partial charge in [0.1, 0.15) is 0 Å². The van der Waals surface area contributed by atoms with Crippen LogP contribution in [0, 0.1) is 47.3 Å². The first-order valence-corrected chi connectivity index (χ1v) is 7.54. The van der Waals surface area contributed by atoms with Crippen LogP contribution in [0.25, 0.3) is 0 Å². The van der Waals surface area contributed by atoms with E-state index in [4.69, 9.17) is 0 Å². The number of rotatable bonds is 5. The molecule has 0 aliphatic heterocycles. The van der Waals surface area contributed by atoms with E-state index in [1.807, 2.05) is 0 Å². The summed E-state index contributed by atoms with van der Waals surface area (Å²) in [5, 5.41) is 0. The van der Waals surface area contributed by atoms with E-state index in [2.05, 4.69) is 41.5 Å². The van der Waals surface area contributed by atoms with E-state index in [1.165, 1.54) is 12.8 Å². The van der Waals surface area contributed by atoms with Crippen LogP contribution in [0.4, 0.5) is 0 Å². The second-order valence-electron chi connectivity index (χ2n) is 6.74. The monoisotopic (exact) mass is 222 g/mol. The average Bonchev–Trinajstić information content (AvgIpc) is 3.12. The molecule has 0 aromatic carbocycles. The summed E-state index contributed by atoms with van der Waals surface area (Å²) >= 11 is 0. The maximum Gasteiger partial charge on any atom is -0.0326 e. The van der Waals surface area contributed by atoms with E-state index in [9.17, 15) is 0 Å². The van der Waals surface area contributed by atoms with Crippen molar-refractivity contribution in [2.75, 3.05) is 0 Å². The van der Waals surface area contributed by atoms with Crippen molar-refractivity contribution in [2.24, 2.45) is 47.3 Å². The summed E-state index contributed by atoms with van der Waals surface area (Å²) in [4.78, 5) is 0. The van der Waals surface area contributed by atoms with Crippen LogP contribution in [0.1, 0.15) is 54.4 Å². The molecule has 0 aromatic heterocycles. The fourth-order valence-electron chi connectivity index (χ4n) is 4.89. The molecule has 2 aliphatic rings. The maximum absolute atomic E-state index is 2.53. The largest absolute Gasteiger partial charge is 0.0651 e. The van der Waals surface area contributed by atoms with Gasteiger partial charge in [-0.25, -0.2) is 0 Å². The third kappa shape index (κ3) is 1.83. The molecule has 0 nitrogen and oxygen atoms in total. The molecule has 0 amide bonds. The van der Waals surface area contributed by atoms with Crippen LogP contribution in [-0.2, 0) is 0 Å². The van der Waals surface area contributed by atoms with Gasteiger partial charge in [0.05, 0.1) is 0 Å². The van der Waals surface area contributed by atoms with E-state index in [-0.39, 0.29) is 0 Å². The highest BCUT2D eigenvalue weighted by Crippen LogP contribution is 2.60. The van der Waals surface area contributed by atoms with Crippen LogP contribution in [0.2, 0.25) is 0 Å². The summed E-state index contributed by atoms with van der Waals surface area (Å²) in [5.74, 6) is 8.13. The van der Waals surface area contributed by atoms with Crippen LogP contribution in [0.3, 0.4) is 0 Å². The first-order valence-electron chi connectivity index (χ1n) is 7.54. The molecule has 2 aliphatic carbocycles. The minimum absolute atomic E-state index is 0.962. The average molecular weight is 222 g/mol. The maximum atomic E-state index is 2.53.